The quantitative estimate of drug-likeness (QED) is 0.846. The lowest BCUT2D eigenvalue weighted by Gasteiger charge is -2.36. The molecule has 1 fully saturated rings. The molecule has 0 heterocycles. The second kappa shape index (κ2) is 4.81. The Hall–Kier alpha value is -1.22. The van der Waals surface area contributed by atoms with Crippen LogP contribution in [0.3, 0.4) is 0 Å². The van der Waals surface area contributed by atoms with Gasteiger partial charge in [-0.1, -0.05) is 19.3 Å². The second-order valence-electron chi connectivity index (χ2n) is 5.46. The highest BCUT2D eigenvalue weighted by atomic mass is 16.5. The zero-order chi connectivity index (χ0) is 13.3. The summed E-state index contributed by atoms with van der Waals surface area (Å²) in [6.07, 6.45) is 5.38. The SMILES string of the molecule is COc1cc(C)c(C)c(C2(N)CCCCC2)c1O. The number of hydrogen-bond donors (Lipinski definition) is 2. The first-order valence-corrected chi connectivity index (χ1v) is 6.66. The van der Waals surface area contributed by atoms with Gasteiger partial charge in [-0.05, 0) is 43.9 Å². The summed E-state index contributed by atoms with van der Waals surface area (Å²) in [7, 11) is 1.58. The molecular formula is C15H23NO2. The molecule has 1 aliphatic carbocycles. The molecule has 100 valence electrons. The maximum atomic E-state index is 10.4. The molecule has 1 aliphatic rings. The van der Waals surface area contributed by atoms with Crippen molar-refractivity contribution in [1.82, 2.24) is 0 Å². The van der Waals surface area contributed by atoms with Crippen LogP contribution in [0, 0.1) is 13.8 Å². The van der Waals surface area contributed by atoms with Crippen LogP contribution in [0.25, 0.3) is 0 Å². The molecule has 3 N–H and O–H groups in total. The van der Waals surface area contributed by atoms with Crippen LogP contribution in [0.5, 0.6) is 11.5 Å². The summed E-state index contributed by atoms with van der Waals surface area (Å²) in [5.74, 6) is 0.758. The molecule has 1 saturated carbocycles. The number of methoxy groups -OCH3 is 1. The van der Waals surface area contributed by atoms with Crippen molar-refractivity contribution in [2.45, 2.75) is 51.5 Å². The van der Waals surface area contributed by atoms with E-state index in [9.17, 15) is 5.11 Å². The molecule has 0 unspecified atom stereocenters. The molecule has 0 bridgehead atoms. The molecule has 1 aromatic carbocycles. The van der Waals surface area contributed by atoms with Crippen LogP contribution in [0.1, 0.15) is 48.8 Å². The van der Waals surface area contributed by atoms with Crippen LogP contribution in [0.2, 0.25) is 0 Å². The van der Waals surface area contributed by atoms with E-state index >= 15 is 0 Å². The maximum absolute atomic E-state index is 10.4. The summed E-state index contributed by atoms with van der Waals surface area (Å²) in [6.45, 7) is 4.07. The van der Waals surface area contributed by atoms with E-state index in [1.165, 1.54) is 6.42 Å². The first kappa shape index (κ1) is 13.2. The number of ether oxygens (including phenoxy) is 1. The Morgan fingerprint density at radius 1 is 1.22 bits per heavy atom. The van der Waals surface area contributed by atoms with Gasteiger partial charge in [0.25, 0.3) is 0 Å². The molecule has 18 heavy (non-hydrogen) atoms. The van der Waals surface area contributed by atoms with Crippen molar-refractivity contribution >= 4 is 0 Å². The van der Waals surface area contributed by atoms with Crippen molar-refractivity contribution in [3.05, 3.63) is 22.8 Å². The van der Waals surface area contributed by atoms with E-state index in [2.05, 4.69) is 0 Å². The standard InChI is InChI=1S/C15H23NO2/c1-10-9-12(18-3)14(17)13(11(10)2)15(16)7-5-4-6-8-15/h9,17H,4-8,16H2,1-3H3. The minimum absolute atomic E-state index is 0.227. The average Bonchev–Trinajstić information content (AvgIpc) is 2.34. The number of phenolic OH excluding ortho intramolecular Hbond substituents is 1. The normalized spacial score (nSPS) is 18.7. The molecule has 0 spiro atoms. The van der Waals surface area contributed by atoms with Crippen LogP contribution in [0.15, 0.2) is 6.07 Å². The predicted molar refractivity (Wildman–Crippen MR) is 73.1 cm³/mol. The predicted octanol–water partition coefficient (Wildman–Crippen LogP) is 3.14. The van der Waals surface area contributed by atoms with E-state index < -0.39 is 5.54 Å². The maximum Gasteiger partial charge on any atom is 0.163 e. The summed E-state index contributed by atoms with van der Waals surface area (Å²) in [6, 6.07) is 1.88. The van der Waals surface area contributed by atoms with Crippen LogP contribution >= 0.6 is 0 Å². The number of hydrogen-bond acceptors (Lipinski definition) is 3. The number of aryl methyl sites for hydroxylation is 1. The van der Waals surface area contributed by atoms with Gasteiger partial charge in [-0.2, -0.15) is 0 Å². The van der Waals surface area contributed by atoms with Gasteiger partial charge in [-0.25, -0.2) is 0 Å². The van der Waals surface area contributed by atoms with E-state index in [4.69, 9.17) is 10.5 Å². The van der Waals surface area contributed by atoms with E-state index in [0.29, 0.717) is 5.75 Å². The van der Waals surface area contributed by atoms with Crippen molar-refractivity contribution in [3.8, 4) is 11.5 Å². The van der Waals surface area contributed by atoms with Crippen molar-refractivity contribution < 1.29 is 9.84 Å². The molecule has 1 aromatic rings. The number of rotatable bonds is 2. The minimum Gasteiger partial charge on any atom is -0.504 e. The van der Waals surface area contributed by atoms with E-state index in [1.54, 1.807) is 7.11 Å². The lowest BCUT2D eigenvalue weighted by Crippen LogP contribution is -2.39. The Morgan fingerprint density at radius 3 is 2.39 bits per heavy atom. The summed E-state index contributed by atoms with van der Waals surface area (Å²) in [5.41, 5.74) is 9.27. The molecule has 3 nitrogen and oxygen atoms in total. The van der Waals surface area contributed by atoms with Crippen molar-refractivity contribution in [3.63, 3.8) is 0 Å². The average molecular weight is 249 g/mol. The fourth-order valence-corrected chi connectivity index (χ4v) is 3.07. The van der Waals surface area contributed by atoms with Crippen LogP contribution in [-0.4, -0.2) is 12.2 Å². The van der Waals surface area contributed by atoms with Crippen LogP contribution < -0.4 is 10.5 Å². The third kappa shape index (κ3) is 2.07. The summed E-state index contributed by atoms with van der Waals surface area (Å²) in [5, 5.41) is 10.4. The summed E-state index contributed by atoms with van der Waals surface area (Å²) >= 11 is 0. The minimum atomic E-state index is -0.397. The van der Waals surface area contributed by atoms with Crippen LogP contribution in [0.4, 0.5) is 0 Å². The summed E-state index contributed by atoms with van der Waals surface area (Å²) in [4.78, 5) is 0. The zero-order valence-corrected chi connectivity index (χ0v) is 11.5. The Labute approximate surface area is 109 Å². The molecule has 0 aliphatic heterocycles. The first-order chi connectivity index (χ1) is 8.49. The third-order valence-corrected chi connectivity index (χ3v) is 4.25. The van der Waals surface area contributed by atoms with E-state index in [0.717, 1.165) is 42.4 Å². The van der Waals surface area contributed by atoms with Gasteiger partial charge in [0.05, 0.1) is 7.11 Å². The largest absolute Gasteiger partial charge is 0.504 e. The van der Waals surface area contributed by atoms with Crippen molar-refractivity contribution in [2.24, 2.45) is 5.73 Å². The molecule has 0 radical (unpaired) electrons. The number of nitrogens with two attached hydrogens (primary N) is 1. The van der Waals surface area contributed by atoms with Gasteiger partial charge in [-0.15, -0.1) is 0 Å². The van der Waals surface area contributed by atoms with E-state index in [1.807, 2.05) is 19.9 Å². The molecule has 0 saturated heterocycles. The van der Waals surface area contributed by atoms with Gasteiger partial charge >= 0.3 is 0 Å². The van der Waals surface area contributed by atoms with Gasteiger partial charge < -0.3 is 15.6 Å². The monoisotopic (exact) mass is 249 g/mol. The highest BCUT2D eigenvalue weighted by molar-refractivity contribution is 5.56. The Balaban J connectivity index is 2.58. The lowest BCUT2D eigenvalue weighted by molar-refractivity contribution is 0.285. The van der Waals surface area contributed by atoms with Crippen molar-refractivity contribution in [1.29, 1.82) is 0 Å². The number of benzene rings is 1. The molecule has 0 aromatic heterocycles. The number of phenols is 1. The Morgan fingerprint density at radius 2 is 1.83 bits per heavy atom. The third-order valence-electron chi connectivity index (χ3n) is 4.25. The fourth-order valence-electron chi connectivity index (χ4n) is 3.07. The topological polar surface area (TPSA) is 55.5 Å². The molecule has 2 rings (SSSR count). The first-order valence-electron chi connectivity index (χ1n) is 6.66. The molecule has 0 atom stereocenters. The van der Waals surface area contributed by atoms with Gasteiger partial charge in [0.1, 0.15) is 0 Å². The van der Waals surface area contributed by atoms with Gasteiger partial charge in [0.2, 0.25) is 0 Å². The molecular weight excluding hydrogens is 226 g/mol. The molecule has 0 amide bonds. The second-order valence-corrected chi connectivity index (χ2v) is 5.46. The Bertz CT molecular complexity index is 448. The van der Waals surface area contributed by atoms with E-state index in [-0.39, 0.29) is 5.75 Å². The lowest BCUT2D eigenvalue weighted by atomic mass is 9.75. The van der Waals surface area contributed by atoms with Gasteiger partial charge in [0.15, 0.2) is 11.5 Å². The van der Waals surface area contributed by atoms with Gasteiger partial charge in [0, 0.05) is 11.1 Å². The smallest absolute Gasteiger partial charge is 0.163 e. The van der Waals surface area contributed by atoms with Crippen LogP contribution in [-0.2, 0) is 5.54 Å². The van der Waals surface area contributed by atoms with Gasteiger partial charge in [-0.3, -0.25) is 0 Å². The van der Waals surface area contributed by atoms with Crippen molar-refractivity contribution in [2.75, 3.05) is 7.11 Å². The number of aromatic hydroxyl groups is 1. The summed E-state index contributed by atoms with van der Waals surface area (Å²) < 4.78 is 5.25. The molecule has 3 heteroatoms. The zero-order valence-electron chi connectivity index (χ0n) is 11.5. The fraction of sp³-hybridized carbons (Fsp3) is 0.600. The highest BCUT2D eigenvalue weighted by Gasteiger charge is 2.34. The highest BCUT2D eigenvalue weighted by Crippen LogP contribution is 2.45. The Kier molecular flexibility index (Phi) is 3.53.